The summed E-state index contributed by atoms with van der Waals surface area (Å²) in [6.07, 6.45) is 9.18. The third-order valence-corrected chi connectivity index (χ3v) is 10.9. The minimum atomic E-state index is -1.05. The van der Waals surface area contributed by atoms with Gasteiger partial charge in [0.25, 0.3) is 5.91 Å². The van der Waals surface area contributed by atoms with Crippen molar-refractivity contribution in [3.05, 3.63) is 84.9 Å². The predicted octanol–water partition coefficient (Wildman–Crippen LogP) is 4.48. The Morgan fingerprint density at radius 3 is 2.56 bits per heavy atom. The van der Waals surface area contributed by atoms with E-state index in [-0.39, 0.29) is 30.4 Å². The highest BCUT2D eigenvalue weighted by atomic mass is 16.5. The van der Waals surface area contributed by atoms with E-state index < -0.39 is 5.60 Å². The molecule has 3 aromatic heterocycles. The minimum Gasteiger partial charge on any atom is -0.367 e. The molecule has 1 aliphatic carbocycles. The van der Waals surface area contributed by atoms with Crippen LogP contribution >= 0.6 is 0 Å². The molecule has 2 aromatic carbocycles. The van der Waals surface area contributed by atoms with Crippen molar-refractivity contribution in [3.63, 3.8) is 0 Å². The molecule has 50 heavy (non-hydrogen) atoms. The molecule has 12 nitrogen and oxygen atoms in total. The summed E-state index contributed by atoms with van der Waals surface area (Å²) >= 11 is 0. The fourth-order valence-corrected chi connectivity index (χ4v) is 8.01. The molecule has 4 aliphatic rings. The number of methoxy groups -OCH3 is 1. The number of piperazine rings is 1. The first-order valence-corrected chi connectivity index (χ1v) is 17.4. The molecule has 5 aromatic rings. The number of carbonyl (C=O) groups excluding carboxylic acids is 2. The summed E-state index contributed by atoms with van der Waals surface area (Å²) in [5.74, 6) is 1.16. The van der Waals surface area contributed by atoms with Gasteiger partial charge in [0, 0.05) is 97.4 Å². The lowest BCUT2D eigenvalue weighted by Gasteiger charge is -2.36. The molecule has 254 valence electrons. The molecular formula is C38H39N9O3. The number of amides is 2. The zero-order valence-electron chi connectivity index (χ0n) is 28.0. The van der Waals surface area contributed by atoms with Crippen LogP contribution in [0.5, 0.6) is 0 Å². The minimum absolute atomic E-state index is 0.111. The number of aromatic nitrogens is 5. The molecule has 1 saturated carbocycles. The Balaban J connectivity index is 0.824. The Morgan fingerprint density at radius 2 is 1.80 bits per heavy atom. The van der Waals surface area contributed by atoms with Gasteiger partial charge in [0.05, 0.1) is 18.1 Å². The van der Waals surface area contributed by atoms with Crippen molar-refractivity contribution >= 4 is 34.1 Å². The number of aromatic amines is 1. The summed E-state index contributed by atoms with van der Waals surface area (Å²) in [6.45, 7) is 2.75. The van der Waals surface area contributed by atoms with E-state index in [9.17, 15) is 9.59 Å². The molecule has 3 atom stereocenters. The second-order valence-corrected chi connectivity index (χ2v) is 14.1. The lowest BCUT2D eigenvalue weighted by molar-refractivity contribution is -0.138. The van der Waals surface area contributed by atoms with Gasteiger partial charge in [-0.3, -0.25) is 24.6 Å². The van der Waals surface area contributed by atoms with E-state index in [0.717, 1.165) is 52.1 Å². The van der Waals surface area contributed by atoms with Crippen molar-refractivity contribution in [2.75, 3.05) is 50.1 Å². The van der Waals surface area contributed by atoms with Crippen LogP contribution < -0.4 is 10.2 Å². The summed E-state index contributed by atoms with van der Waals surface area (Å²) in [4.78, 5) is 47.1. The van der Waals surface area contributed by atoms with Gasteiger partial charge in [-0.1, -0.05) is 0 Å². The Kier molecular flexibility index (Phi) is 7.58. The Labute approximate surface area is 289 Å². The van der Waals surface area contributed by atoms with Crippen molar-refractivity contribution in [3.8, 4) is 22.6 Å². The molecule has 0 unspecified atom stereocenters. The molecule has 12 heteroatoms. The van der Waals surface area contributed by atoms with Crippen LogP contribution in [0.25, 0.3) is 33.5 Å². The van der Waals surface area contributed by atoms with Crippen molar-refractivity contribution in [2.45, 2.75) is 49.3 Å². The van der Waals surface area contributed by atoms with Crippen molar-refractivity contribution < 1.29 is 14.3 Å². The SMILES string of the molecule is CO[C@@]1(C(=O)Nc2ccc3[nH]nc(-c4ccnc(C5CC5)c4)c3c2)CCN(CC(=O)N2C[C@H]3C[C@@H]2CN3c2ccc(-c3ncccn3)cc2)C1. The first kappa shape index (κ1) is 30.8. The van der Waals surface area contributed by atoms with E-state index in [1.807, 2.05) is 41.4 Å². The molecule has 9 rings (SSSR count). The first-order valence-electron chi connectivity index (χ1n) is 17.4. The van der Waals surface area contributed by atoms with E-state index in [1.165, 1.54) is 12.8 Å². The summed E-state index contributed by atoms with van der Waals surface area (Å²) in [7, 11) is 1.58. The van der Waals surface area contributed by atoms with Crippen molar-refractivity contribution in [1.29, 1.82) is 0 Å². The topological polar surface area (TPSA) is 132 Å². The van der Waals surface area contributed by atoms with Gasteiger partial charge in [-0.15, -0.1) is 0 Å². The van der Waals surface area contributed by atoms with Crippen LogP contribution in [0.15, 0.2) is 79.3 Å². The van der Waals surface area contributed by atoms with Gasteiger partial charge in [-0.05, 0) is 86.3 Å². The van der Waals surface area contributed by atoms with Gasteiger partial charge in [0.2, 0.25) is 5.91 Å². The zero-order valence-corrected chi connectivity index (χ0v) is 28.0. The molecule has 2 amide bonds. The maximum atomic E-state index is 13.8. The second kappa shape index (κ2) is 12.3. The van der Waals surface area contributed by atoms with E-state index in [4.69, 9.17) is 4.74 Å². The smallest absolute Gasteiger partial charge is 0.258 e. The number of nitrogens with one attached hydrogen (secondary N) is 2. The fraction of sp³-hybridized carbons (Fsp3) is 0.368. The first-order chi connectivity index (χ1) is 24.5. The summed E-state index contributed by atoms with van der Waals surface area (Å²) in [5, 5.41) is 11.8. The lowest BCUT2D eigenvalue weighted by Crippen LogP contribution is -2.52. The molecule has 4 fully saturated rings. The van der Waals surface area contributed by atoms with Crippen LogP contribution in [0.2, 0.25) is 0 Å². The average molecular weight is 670 g/mol. The molecular weight excluding hydrogens is 630 g/mol. The number of anilines is 2. The fourth-order valence-electron chi connectivity index (χ4n) is 8.01. The van der Waals surface area contributed by atoms with Gasteiger partial charge in [-0.25, -0.2) is 9.97 Å². The Morgan fingerprint density at radius 1 is 0.960 bits per heavy atom. The second-order valence-electron chi connectivity index (χ2n) is 14.1. The van der Waals surface area contributed by atoms with Crippen molar-refractivity contribution in [1.82, 2.24) is 34.9 Å². The van der Waals surface area contributed by atoms with E-state index in [1.54, 1.807) is 19.5 Å². The standard InChI is InChI=1S/C38H39N9O3/c1-50-38(37(49)42-27-7-10-32-31(18-27)35(44-43-32)26-11-15-39-33(17-26)24-3-4-24)12-16-45(23-38)22-34(48)47-21-29-19-30(47)20-46(29)28-8-5-25(6-9-28)36-40-13-2-14-41-36/h2,5-11,13-15,17-18,24,29-30H,3-4,12,16,19-23H2,1H3,(H,42,49)(H,43,44)/t29-,30-,38+/m1/s1. The molecule has 2 bridgehead atoms. The molecule has 3 aliphatic heterocycles. The van der Waals surface area contributed by atoms with Gasteiger partial charge in [0.15, 0.2) is 11.4 Å². The maximum absolute atomic E-state index is 13.8. The highest BCUT2D eigenvalue weighted by Gasteiger charge is 2.48. The third kappa shape index (κ3) is 5.58. The number of nitrogens with zero attached hydrogens (tertiary/aromatic N) is 7. The molecule has 3 saturated heterocycles. The van der Waals surface area contributed by atoms with Crippen molar-refractivity contribution in [2.24, 2.45) is 0 Å². The number of carbonyl (C=O) groups is 2. The van der Waals surface area contributed by atoms with Crippen LogP contribution in [0.1, 0.15) is 37.3 Å². The number of rotatable bonds is 9. The average Bonchev–Trinajstić information content (AvgIpc) is 3.44. The predicted molar refractivity (Wildman–Crippen MR) is 189 cm³/mol. The number of fused-ring (bicyclic) bond motifs is 3. The number of hydrogen-bond donors (Lipinski definition) is 2. The number of likely N-dealkylation sites (tertiary alicyclic amines) is 2. The third-order valence-electron chi connectivity index (χ3n) is 10.9. The largest absolute Gasteiger partial charge is 0.367 e. The van der Waals surface area contributed by atoms with Gasteiger partial charge >= 0.3 is 0 Å². The number of benzene rings is 2. The molecule has 0 spiro atoms. The van der Waals surface area contributed by atoms with Crippen LogP contribution in [-0.4, -0.2) is 104 Å². The number of ether oxygens (including phenoxy) is 1. The highest BCUT2D eigenvalue weighted by molar-refractivity contribution is 6.01. The molecule has 2 N–H and O–H groups in total. The van der Waals surface area contributed by atoms with E-state index in [0.29, 0.717) is 43.5 Å². The normalized spacial score (nSPS) is 23.2. The van der Waals surface area contributed by atoms with Crippen LogP contribution in [-0.2, 0) is 14.3 Å². The van der Waals surface area contributed by atoms with Gasteiger partial charge in [-0.2, -0.15) is 5.10 Å². The van der Waals surface area contributed by atoms with Crippen LogP contribution in [0.3, 0.4) is 0 Å². The monoisotopic (exact) mass is 669 g/mol. The Bertz CT molecular complexity index is 2070. The zero-order chi connectivity index (χ0) is 33.8. The number of hydrogen-bond acceptors (Lipinski definition) is 9. The number of pyridine rings is 1. The highest BCUT2D eigenvalue weighted by Crippen LogP contribution is 2.41. The summed E-state index contributed by atoms with van der Waals surface area (Å²) < 4.78 is 5.91. The van der Waals surface area contributed by atoms with E-state index in [2.05, 4.69) is 70.6 Å². The lowest BCUT2D eigenvalue weighted by atomic mass is 10.0. The Hall–Kier alpha value is -5.20. The molecule has 0 radical (unpaired) electrons. The summed E-state index contributed by atoms with van der Waals surface area (Å²) in [6, 6.07) is 20.5. The number of H-pyrrole nitrogens is 1. The van der Waals surface area contributed by atoms with Crippen LogP contribution in [0.4, 0.5) is 11.4 Å². The van der Waals surface area contributed by atoms with E-state index >= 15 is 0 Å². The van der Waals surface area contributed by atoms with Gasteiger partial charge < -0.3 is 19.9 Å². The maximum Gasteiger partial charge on any atom is 0.258 e. The quantitative estimate of drug-likeness (QED) is 0.233. The summed E-state index contributed by atoms with van der Waals surface area (Å²) in [5.41, 5.74) is 5.61. The molecule has 6 heterocycles. The van der Waals surface area contributed by atoms with Gasteiger partial charge in [0.1, 0.15) is 5.69 Å². The van der Waals surface area contributed by atoms with Crippen LogP contribution in [0, 0.1) is 0 Å².